The molecule has 0 aromatic heterocycles. The fourth-order valence-corrected chi connectivity index (χ4v) is 9.54. The molecule has 0 aliphatic heterocycles. The molecule has 0 atom stereocenters. The van der Waals surface area contributed by atoms with Crippen molar-refractivity contribution in [1.82, 2.24) is 0 Å². The van der Waals surface area contributed by atoms with E-state index in [1.54, 1.807) is 0 Å². The van der Waals surface area contributed by atoms with Crippen molar-refractivity contribution in [2.45, 2.75) is 203 Å². The zero-order chi connectivity index (χ0) is 25.7. The minimum atomic E-state index is -3.46. The first-order valence-corrected chi connectivity index (χ1v) is 21.7. The summed E-state index contributed by atoms with van der Waals surface area (Å²) in [6, 6.07) is 0. The van der Waals surface area contributed by atoms with Crippen molar-refractivity contribution in [2.24, 2.45) is 0 Å². The number of hydrogen-bond donors (Lipinski definition) is 2. The van der Waals surface area contributed by atoms with Crippen LogP contribution in [-0.2, 0) is 0 Å². The number of hydrogen-bond acceptors (Lipinski definition) is 2. The molecule has 0 saturated carbocycles. The summed E-state index contributed by atoms with van der Waals surface area (Å²) in [4.78, 5) is 0. The van der Waals surface area contributed by atoms with Crippen LogP contribution in [-0.4, -0.2) is 25.9 Å². The van der Waals surface area contributed by atoms with E-state index in [-0.39, 0.29) is 0 Å². The van der Waals surface area contributed by atoms with E-state index in [0.29, 0.717) is 0 Å². The molecule has 0 aromatic carbocycles. The second kappa shape index (κ2) is 29.3. The normalized spacial score (nSPS) is 12.5. The fourth-order valence-electron chi connectivity index (χ4n) is 5.16. The van der Waals surface area contributed by atoms with Crippen molar-refractivity contribution < 1.29 is 6.94 Å². The number of rotatable bonds is 30. The average molecular weight is 612 g/mol. The number of unbranched alkanes of at least 4 members (excludes halogenated alkanes) is 26. The third-order valence-electron chi connectivity index (χ3n) is 7.65. The van der Waals surface area contributed by atoms with E-state index in [1.165, 1.54) is 167 Å². The quantitative estimate of drug-likeness (QED) is 0.0626. The maximum absolute atomic E-state index is 10.4. The van der Waals surface area contributed by atoms with Crippen molar-refractivity contribution in [1.29, 1.82) is 0 Å². The minimum absolute atomic E-state index is 0.749. The summed E-state index contributed by atoms with van der Waals surface area (Å²) in [5.74, 6) is 0. The molecule has 0 aliphatic rings. The Balaban J connectivity index is 3.28. The minimum Gasteiger partial charge on any atom is -0.0654 e. The van der Waals surface area contributed by atoms with Gasteiger partial charge in [0.05, 0.1) is 0 Å². The van der Waals surface area contributed by atoms with Gasteiger partial charge in [0.15, 0.2) is 0 Å². The Bertz CT molecular complexity index is 352. The Morgan fingerprint density at radius 1 is 0.286 bits per heavy atom. The van der Waals surface area contributed by atoms with Gasteiger partial charge in [0.25, 0.3) is 0 Å². The first-order valence-electron chi connectivity index (χ1n) is 16.4. The molecule has 214 valence electrons. The topological polar surface area (TPSA) is 40.5 Å². The van der Waals surface area contributed by atoms with Crippen LogP contribution in [0.2, 0.25) is 8.94 Å². The van der Waals surface area contributed by atoms with E-state index < -0.39 is 19.0 Å². The van der Waals surface area contributed by atoms with E-state index in [0.717, 1.165) is 21.8 Å². The monoisotopic (exact) mass is 614 g/mol. The summed E-state index contributed by atoms with van der Waals surface area (Å²) < 4.78 is 22.4. The fraction of sp³-hybridized carbons (Fsp3) is 1.00. The SMILES string of the molecule is CCCCCCCCCCCCCCCC[Te](O)(O)CCCCCCCCCCCCCCCC. The molecule has 0 saturated heterocycles. The standard InChI is InChI=1S/C32H68O2Te/c1-3-5-7-9-11-13-15-17-19-21-23-25-27-29-31-35(33,34)32-30-28-26-24-22-20-18-16-14-12-10-8-6-4-2/h33-34H,3-32H2,1-2H3. The van der Waals surface area contributed by atoms with Gasteiger partial charge < -0.3 is 0 Å². The van der Waals surface area contributed by atoms with Crippen LogP contribution in [0.1, 0.15) is 194 Å². The molecule has 0 aromatic rings. The van der Waals surface area contributed by atoms with E-state index in [2.05, 4.69) is 13.8 Å². The average Bonchev–Trinajstić information content (AvgIpc) is 2.84. The summed E-state index contributed by atoms with van der Waals surface area (Å²) in [6.45, 7) is 4.57. The van der Waals surface area contributed by atoms with E-state index >= 15 is 0 Å². The molecule has 0 bridgehead atoms. The van der Waals surface area contributed by atoms with Gasteiger partial charge in [0, 0.05) is 0 Å². The van der Waals surface area contributed by atoms with Crippen molar-refractivity contribution in [3.63, 3.8) is 0 Å². The zero-order valence-corrected chi connectivity index (χ0v) is 26.8. The molecule has 0 aliphatic carbocycles. The summed E-state index contributed by atoms with van der Waals surface area (Å²) in [5.41, 5.74) is 0. The van der Waals surface area contributed by atoms with Crippen LogP contribution in [0, 0.1) is 0 Å². The van der Waals surface area contributed by atoms with Crippen LogP contribution < -0.4 is 0 Å². The molecule has 0 radical (unpaired) electrons. The van der Waals surface area contributed by atoms with Gasteiger partial charge in [-0.25, -0.2) is 0 Å². The molecule has 0 amide bonds. The molecular formula is C32H68O2Te. The summed E-state index contributed by atoms with van der Waals surface area (Å²) >= 11 is -3.46. The molecule has 0 rings (SSSR count). The van der Waals surface area contributed by atoms with Crippen LogP contribution in [0.4, 0.5) is 0 Å². The summed E-state index contributed by atoms with van der Waals surface area (Å²) in [6.07, 6.45) is 38.0. The molecule has 0 fully saturated rings. The Morgan fingerprint density at radius 2 is 0.457 bits per heavy atom. The third kappa shape index (κ3) is 30.8. The Kier molecular flexibility index (Phi) is 29.9. The maximum atomic E-state index is 10.4. The predicted octanol–water partition coefficient (Wildman–Crippen LogP) is 11.4. The van der Waals surface area contributed by atoms with Crippen LogP contribution in [0.25, 0.3) is 0 Å². The Labute approximate surface area is 227 Å². The molecule has 0 heterocycles. The Morgan fingerprint density at radius 3 is 0.657 bits per heavy atom. The van der Waals surface area contributed by atoms with Crippen LogP contribution in [0.5, 0.6) is 0 Å². The molecule has 0 unspecified atom stereocenters. The van der Waals surface area contributed by atoms with Gasteiger partial charge >= 0.3 is 176 Å². The van der Waals surface area contributed by atoms with Gasteiger partial charge in [-0.15, -0.1) is 0 Å². The van der Waals surface area contributed by atoms with Crippen LogP contribution >= 0.6 is 0 Å². The molecule has 3 heteroatoms. The first-order chi connectivity index (χ1) is 17.1. The van der Waals surface area contributed by atoms with Gasteiger partial charge in [-0.05, 0) is 0 Å². The van der Waals surface area contributed by atoms with Crippen molar-refractivity contribution in [3.8, 4) is 0 Å². The van der Waals surface area contributed by atoms with Gasteiger partial charge in [-0.2, -0.15) is 0 Å². The molecule has 2 nitrogen and oxygen atoms in total. The van der Waals surface area contributed by atoms with Crippen LogP contribution in [0.15, 0.2) is 0 Å². The zero-order valence-electron chi connectivity index (χ0n) is 24.5. The molecule has 2 N–H and O–H groups in total. The smallest absolute Gasteiger partial charge is 0.0654 e. The van der Waals surface area contributed by atoms with E-state index in [4.69, 9.17) is 0 Å². The van der Waals surface area contributed by atoms with Crippen molar-refractivity contribution in [2.75, 3.05) is 0 Å². The predicted molar refractivity (Wildman–Crippen MR) is 160 cm³/mol. The first kappa shape index (κ1) is 35.7. The van der Waals surface area contributed by atoms with Gasteiger partial charge in [0.1, 0.15) is 0 Å². The van der Waals surface area contributed by atoms with Gasteiger partial charge in [0.2, 0.25) is 0 Å². The molecule has 35 heavy (non-hydrogen) atoms. The van der Waals surface area contributed by atoms with Gasteiger partial charge in [-0.1, -0.05) is 52.4 Å². The van der Waals surface area contributed by atoms with E-state index in [1.807, 2.05) is 0 Å². The second-order valence-electron chi connectivity index (χ2n) is 11.4. The Hall–Kier alpha value is 0.710. The van der Waals surface area contributed by atoms with E-state index in [9.17, 15) is 6.94 Å². The summed E-state index contributed by atoms with van der Waals surface area (Å²) in [7, 11) is 0. The molecular weight excluding hydrogens is 544 g/mol. The van der Waals surface area contributed by atoms with Gasteiger partial charge in [-0.3, -0.25) is 0 Å². The van der Waals surface area contributed by atoms with Crippen molar-refractivity contribution in [3.05, 3.63) is 0 Å². The third-order valence-corrected chi connectivity index (χ3v) is 13.0. The molecule has 0 spiro atoms. The van der Waals surface area contributed by atoms with Crippen molar-refractivity contribution >= 4 is 19.0 Å². The second-order valence-corrected chi connectivity index (χ2v) is 18.3. The summed E-state index contributed by atoms with van der Waals surface area (Å²) in [5, 5.41) is 0. The van der Waals surface area contributed by atoms with Crippen LogP contribution in [0.3, 0.4) is 0 Å².